The molecule has 2 saturated heterocycles. The summed E-state index contributed by atoms with van der Waals surface area (Å²) in [6.07, 6.45) is 0. The third-order valence-electron chi connectivity index (χ3n) is 5.95. The molecule has 2 aliphatic heterocycles. The van der Waals surface area contributed by atoms with Gasteiger partial charge in [0.2, 0.25) is 5.67 Å². The molecule has 3 heterocycles. The van der Waals surface area contributed by atoms with Gasteiger partial charge >= 0.3 is 0 Å². The summed E-state index contributed by atoms with van der Waals surface area (Å²) in [4.78, 5) is 15.7. The third-order valence-corrected chi connectivity index (χ3v) is 5.95. The van der Waals surface area contributed by atoms with Crippen molar-refractivity contribution in [3.8, 4) is 0 Å². The van der Waals surface area contributed by atoms with E-state index in [0.29, 0.717) is 6.54 Å². The lowest BCUT2D eigenvalue weighted by atomic mass is 9.93. The third kappa shape index (κ3) is 2.76. The molecule has 0 bridgehead atoms. The molecule has 4 rings (SSSR count). The Balaban J connectivity index is 1.52. The average molecular weight is 374 g/mol. The first kappa shape index (κ1) is 18.1. The van der Waals surface area contributed by atoms with Crippen LogP contribution in [-0.4, -0.2) is 56.5 Å². The summed E-state index contributed by atoms with van der Waals surface area (Å²) in [5, 5.41) is 4.36. The summed E-state index contributed by atoms with van der Waals surface area (Å²) in [5.74, 6) is -0.740. The van der Waals surface area contributed by atoms with Crippen LogP contribution >= 0.6 is 0 Å². The minimum Gasteiger partial charge on any atom is -0.332 e. The molecule has 2 aromatic rings. The number of nitrogens with zero attached hydrogens (tertiary/aromatic N) is 4. The van der Waals surface area contributed by atoms with Crippen LogP contribution in [0.4, 0.5) is 8.78 Å². The maximum Gasteiger partial charge on any atom is 0.265 e. The molecular formula is C20H24F2N4O. The molecule has 1 aromatic heterocycles. The topological polar surface area (TPSA) is 41.4 Å². The van der Waals surface area contributed by atoms with E-state index in [1.807, 2.05) is 51.2 Å². The summed E-state index contributed by atoms with van der Waals surface area (Å²) in [6, 6.07) is 9.30. The van der Waals surface area contributed by atoms with Crippen LogP contribution in [0.2, 0.25) is 0 Å². The SMILES string of the molecule is Cc1nn(C)c(C)c1CN1C[C@]2(F)CN(Cc3ccccc3)C(=O)[C@]2(F)C1. The lowest BCUT2D eigenvalue weighted by Crippen LogP contribution is -2.47. The average Bonchev–Trinajstić information content (AvgIpc) is 3.08. The Morgan fingerprint density at radius 3 is 2.37 bits per heavy atom. The number of hydrogen-bond donors (Lipinski definition) is 0. The van der Waals surface area contributed by atoms with E-state index < -0.39 is 17.2 Å². The van der Waals surface area contributed by atoms with Crippen LogP contribution in [0.3, 0.4) is 0 Å². The van der Waals surface area contributed by atoms with Crippen LogP contribution in [0.1, 0.15) is 22.5 Å². The summed E-state index contributed by atoms with van der Waals surface area (Å²) in [5.41, 5.74) is -0.989. The predicted molar refractivity (Wildman–Crippen MR) is 97.5 cm³/mol. The van der Waals surface area contributed by atoms with E-state index in [0.717, 1.165) is 22.5 Å². The van der Waals surface area contributed by atoms with E-state index in [4.69, 9.17) is 0 Å². The second kappa shape index (κ2) is 6.12. The molecule has 144 valence electrons. The van der Waals surface area contributed by atoms with Gasteiger partial charge in [0, 0.05) is 44.5 Å². The molecule has 0 radical (unpaired) electrons. The first-order valence-corrected chi connectivity index (χ1v) is 9.16. The molecule has 1 aromatic carbocycles. The quantitative estimate of drug-likeness (QED) is 0.825. The van der Waals surface area contributed by atoms with Crippen molar-refractivity contribution in [2.45, 2.75) is 38.3 Å². The van der Waals surface area contributed by atoms with Gasteiger partial charge in [-0.05, 0) is 19.4 Å². The zero-order chi connectivity index (χ0) is 19.4. The van der Waals surface area contributed by atoms with Crippen LogP contribution in [0.25, 0.3) is 0 Å². The molecule has 0 N–H and O–H groups in total. The number of alkyl halides is 2. The van der Waals surface area contributed by atoms with Gasteiger partial charge in [0.1, 0.15) is 0 Å². The van der Waals surface area contributed by atoms with Gasteiger partial charge in [-0.1, -0.05) is 30.3 Å². The van der Waals surface area contributed by atoms with Gasteiger partial charge in [-0.25, -0.2) is 8.78 Å². The van der Waals surface area contributed by atoms with Gasteiger partial charge in [0.05, 0.1) is 12.2 Å². The fourth-order valence-electron chi connectivity index (χ4n) is 4.36. The number of hydrogen-bond acceptors (Lipinski definition) is 3. The number of aryl methyl sites for hydroxylation is 2. The van der Waals surface area contributed by atoms with Gasteiger partial charge in [-0.15, -0.1) is 0 Å². The Bertz CT molecular complexity index is 884. The molecule has 0 unspecified atom stereocenters. The number of likely N-dealkylation sites (tertiary alicyclic amines) is 2. The van der Waals surface area contributed by atoms with Gasteiger partial charge in [0.25, 0.3) is 5.91 Å². The van der Waals surface area contributed by atoms with Crippen molar-refractivity contribution in [1.82, 2.24) is 19.6 Å². The first-order valence-electron chi connectivity index (χ1n) is 9.16. The van der Waals surface area contributed by atoms with Crippen LogP contribution in [0.5, 0.6) is 0 Å². The zero-order valence-corrected chi connectivity index (χ0v) is 15.9. The molecule has 2 atom stereocenters. The van der Waals surface area contributed by atoms with E-state index >= 15 is 8.78 Å². The highest BCUT2D eigenvalue weighted by atomic mass is 19.2. The normalized spacial score (nSPS) is 28.2. The van der Waals surface area contributed by atoms with E-state index in [1.165, 1.54) is 4.90 Å². The van der Waals surface area contributed by atoms with Crippen molar-refractivity contribution < 1.29 is 13.6 Å². The summed E-state index contributed by atoms with van der Waals surface area (Å²) in [6.45, 7) is 3.94. The molecule has 1 amide bonds. The van der Waals surface area contributed by atoms with Crippen molar-refractivity contribution in [3.05, 3.63) is 52.8 Å². The van der Waals surface area contributed by atoms with E-state index in [1.54, 1.807) is 9.58 Å². The van der Waals surface area contributed by atoms with E-state index in [2.05, 4.69) is 5.10 Å². The Morgan fingerprint density at radius 1 is 1.07 bits per heavy atom. The molecule has 0 aliphatic carbocycles. The summed E-state index contributed by atoms with van der Waals surface area (Å²) in [7, 11) is 1.85. The largest absolute Gasteiger partial charge is 0.332 e. The van der Waals surface area contributed by atoms with Gasteiger partial charge < -0.3 is 4.90 Å². The van der Waals surface area contributed by atoms with Crippen LogP contribution in [0, 0.1) is 13.8 Å². The van der Waals surface area contributed by atoms with E-state index in [9.17, 15) is 4.79 Å². The zero-order valence-electron chi connectivity index (χ0n) is 15.9. The van der Waals surface area contributed by atoms with Crippen molar-refractivity contribution in [1.29, 1.82) is 0 Å². The van der Waals surface area contributed by atoms with E-state index in [-0.39, 0.29) is 26.2 Å². The van der Waals surface area contributed by atoms with Gasteiger partial charge in [0.15, 0.2) is 5.67 Å². The maximum absolute atomic E-state index is 15.6. The number of rotatable bonds is 4. The highest BCUT2D eigenvalue weighted by Crippen LogP contribution is 2.46. The van der Waals surface area contributed by atoms with Crippen LogP contribution < -0.4 is 0 Å². The van der Waals surface area contributed by atoms with Crippen molar-refractivity contribution in [2.75, 3.05) is 19.6 Å². The molecule has 27 heavy (non-hydrogen) atoms. The van der Waals surface area contributed by atoms with Crippen molar-refractivity contribution in [2.24, 2.45) is 7.05 Å². The Morgan fingerprint density at radius 2 is 1.78 bits per heavy atom. The molecule has 0 spiro atoms. The molecule has 5 nitrogen and oxygen atoms in total. The fourth-order valence-corrected chi connectivity index (χ4v) is 4.36. The minimum atomic E-state index is -2.48. The monoisotopic (exact) mass is 374 g/mol. The lowest BCUT2D eigenvalue weighted by Gasteiger charge is -2.22. The number of amides is 1. The Hall–Kier alpha value is -2.28. The molecule has 7 heteroatoms. The van der Waals surface area contributed by atoms with Gasteiger partial charge in [-0.2, -0.15) is 5.10 Å². The predicted octanol–water partition coefficient (Wildman–Crippen LogP) is 2.31. The highest BCUT2D eigenvalue weighted by molar-refractivity contribution is 5.90. The smallest absolute Gasteiger partial charge is 0.265 e. The molecular weight excluding hydrogens is 350 g/mol. The van der Waals surface area contributed by atoms with Crippen LogP contribution in [-0.2, 0) is 24.9 Å². The number of carbonyl (C=O) groups is 1. The number of halogens is 2. The Kier molecular flexibility index (Phi) is 4.10. The second-order valence-electron chi connectivity index (χ2n) is 7.83. The minimum absolute atomic E-state index is 0.0890. The standard InChI is InChI=1S/C20H24F2N4O/c1-14-17(15(2)24(3)23-14)10-25-11-19(21)12-26(18(27)20(19,22)13-25)9-16-7-5-4-6-8-16/h4-8H,9-13H2,1-3H3/t19-,20+/m0/s1. The Labute approximate surface area is 157 Å². The lowest BCUT2D eigenvalue weighted by molar-refractivity contribution is -0.139. The fraction of sp³-hybridized carbons (Fsp3) is 0.500. The number of fused-ring (bicyclic) bond motifs is 1. The van der Waals surface area contributed by atoms with Gasteiger partial charge in [-0.3, -0.25) is 14.4 Å². The number of carbonyl (C=O) groups excluding carboxylic acids is 1. The summed E-state index contributed by atoms with van der Waals surface area (Å²) < 4.78 is 32.9. The van der Waals surface area contributed by atoms with Crippen LogP contribution in [0.15, 0.2) is 30.3 Å². The second-order valence-corrected chi connectivity index (χ2v) is 7.83. The highest BCUT2D eigenvalue weighted by Gasteiger charge is 2.70. The molecule has 0 saturated carbocycles. The van der Waals surface area contributed by atoms with Crippen molar-refractivity contribution in [3.63, 3.8) is 0 Å². The van der Waals surface area contributed by atoms with Crippen molar-refractivity contribution >= 4 is 5.91 Å². The molecule has 2 aliphatic rings. The maximum atomic E-state index is 15.6. The number of benzene rings is 1. The summed E-state index contributed by atoms with van der Waals surface area (Å²) >= 11 is 0. The first-order chi connectivity index (χ1) is 12.7. The number of aromatic nitrogens is 2. The molecule has 2 fully saturated rings.